The van der Waals surface area contributed by atoms with Gasteiger partial charge in [0, 0.05) is 32.1 Å². The molecular formula is C10H21N3O. The number of amides is 1. The Morgan fingerprint density at radius 1 is 1.50 bits per heavy atom. The van der Waals surface area contributed by atoms with E-state index in [1.807, 2.05) is 11.9 Å². The van der Waals surface area contributed by atoms with Gasteiger partial charge in [0.2, 0.25) is 5.91 Å². The van der Waals surface area contributed by atoms with Crippen LogP contribution in [0.4, 0.5) is 0 Å². The third kappa shape index (κ3) is 2.96. The second kappa shape index (κ2) is 5.32. The molecule has 1 amide bonds. The molecule has 1 fully saturated rings. The van der Waals surface area contributed by atoms with E-state index in [0.717, 1.165) is 32.5 Å². The maximum atomic E-state index is 11.5. The molecule has 82 valence electrons. The van der Waals surface area contributed by atoms with Gasteiger partial charge in [0.15, 0.2) is 0 Å². The molecule has 1 atom stereocenters. The van der Waals surface area contributed by atoms with Crippen molar-refractivity contribution in [3.8, 4) is 0 Å². The largest absolute Gasteiger partial charge is 0.328 e. The minimum absolute atomic E-state index is 0.217. The number of carbonyl (C=O) groups is 1. The summed E-state index contributed by atoms with van der Waals surface area (Å²) < 4.78 is 0. The second-order valence-electron chi connectivity index (χ2n) is 3.99. The summed E-state index contributed by atoms with van der Waals surface area (Å²) in [7, 11) is 0. The van der Waals surface area contributed by atoms with Crippen molar-refractivity contribution in [3.63, 3.8) is 0 Å². The Morgan fingerprint density at radius 2 is 2.21 bits per heavy atom. The fraction of sp³-hybridized carbons (Fsp3) is 0.900. The summed E-state index contributed by atoms with van der Waals surface area (Å²) in [5.41, 5.74) is 5.69. The molecule has 0 saturated carbocycles. The van der Waals surface area contributed by atoms with E-state index in [1.165, 1.54) is 0 Å². The number of rotatable bonds is 5. The molecule has 0 aromatic rings. The second-order valence-corrected chi connectivity index (χ2v) is 3.99. The van der Waals surface area contributed by atoms with Gasteiger partial charge in [-0.15, -0.1) is 0 Å². The van der Waals surface area contributed by atoms with Crippen molar-refractivity contribution in [1.82, 2.24) is 10.0 Å². The van der Waals surface area contributed by atoms with Crippen molar-refractivity contribution >= 4 is 5.91 Å². The Kier molecular flexibility index (Phi) is 4.35. The van der Waals surface area contributed by atoms with E-state index in [4.69, 9.17) is 5.73 Å². The van der Waals surface area contributed by atoms with E-state index in [9.17, 15) is 4.79 Å². The molecule has 0 aromatic heterocycles. The lowest BCUT2D eigenvalue weighted by Gasteiger charge is -2.28. The monoisotopic (exact) mass is 199 g/mol. The summed E-state index contributed by atoms with van der Waals surface area (Å²) in [5, 5.41) is 4.01. The van der Waals surface area contributed by atoms with Gasteiger partial charge in [0.1, 0.15) is 0 Å². The Bertz CT molecular complexity index is 194. The molecule has 14 heavy (non-hydrogen) atoms. The molecule has 4 nitrogen and oxygen atoms in total. The highest BCUT2D eigenvalue weighted by Crippen LogP contribution is 2.13. The van der Waals surface area contributed by atoms with Crippen LogP contribution in [-0.2, 0) is 4.79 Å². The van der Waals surface area contributed by atoms with Crippen molar-refractivity contribution in [2.45, 2.75) is 39.2 Å². The maximum Gasteiger partial charge on any atom is 0.238 e. The topological polar surface area (TPSA) is 49.6 Å². The first kappa shape index (κ1) is 11.5. The molecule has 2 N–H and O–H groups in total. The molecule has 1 aliphatic rings. The van der Waals surface area contributed by atoms with E-state index in [1.54, 1.807) is 0 Å². The van der Waals surface area contributed by atoms with Crippen LogP contribution in [0.2, 0.25) is 0 Å². The highest BCUT2D eigenvalue weighted by molar-refractivity contribution is 5.77. The Morgan fingerprint density at radius 3 is 2.79 bits per heavy atom. The van der Waals surface area contributed by atoms with Crippen LogP contribution in [0, 0.1) is 0 Å². The quantitative estimate of drug-likeness (QED) is 0.704. The molecule has 4 heteroatoms. The molecule has 0 spiro atoms. The number of hydrogen-bond acceptors (Lipinski definition) is 3. The fourth-order valence-electron chi connectivity index (χ4n) is 1.70. The normalized spacial score (nSPS) is 20.5. The Hall–Kier alpha value is -0.610. The molecule has 1 saturated heterocycles. The van der Waals surface area contributed by atoms with Crippen molar-refractivity contribution in [3.05, 3.63) is 0 Å². The van der Waals surface area contributed by atoms with Gasteiger partial charge in [-0.3, -0.25) is 9.80 Å². The standard InChI is InChI=1S/C10H21N3O/c1-3-6-13-10(14)5-8-12(13)7-4-9(2)11/h9H,3-8,11H2,1-2H3. The predicted molar refractivity (Wildman–Crippen MR) is 56.5 cm³/mol. The van der Waals surface area contributed by atoms with Crippen LogP contribution in [0.3, 0.4) is 0 Å². The molecule has 1 heterocycles. The average Bonchev–Trinajstić information content (AvgIpc) is 2.46. The molecule has 0 aliphatic carbocycles. The first-order valence-corrected chi connectivity index (χ1v) is 5.46. The first-order chi connectivity index (χ1) is 6.65. The van der Waals surface area contributed by atoms with Crippen LogP contribution in [-0.4, -0.2) is 41.6 Å². The van der Waals surface area contributed by atoms with Crippen LogP contribution >= 0.6 is 0 Å². The first-order valence-electron chi connectivity index (χ1n) is 5.46. The van der Waals surface area contributed by atoms with E-state index < -0.39 is 0 Å². The van der Waals surface area contributed by atoms with Gasteiger partial charge >= 0.3 is 0 Å². The van der Waals surface area contributed by atoms with Crippen molar-refractivity contribution in [1.29, 1.82) is 0 Å². The smallest absolute Gasteiger partial charge is 0.238 e. The minimum Gasteiger partial charge on any atom is -0.328 e. The number of hydrazine groups is 1. The van der Waals surface area contributed by atoms with Crippen molar-refractivity contribution in [2.24, 2.45) is 5.73 Å². The van der Waals surface area contributed by atoms with Crippen LogP contribution in [0.5, 0.6) is 0 Å². The highest BCUT2D eigenvalue weighted by atomic mass is 16.2. The zero-order chi connectivity index (χ0) is 10.6. The molecular weight excluding hydrogens is 178 g/mol. The van der Waals surface area contributed by atoms with Gasteiger partial charge in [-0.2, -0.15) is 0 Å². The van der Waals surface area contributed by atoms with E-state index >= 15 is 0 Å². The third-order valence-electron chi connectivity index (χ3n) is 2.49. The Balaban J connectivity index is 2.39. The zero-order valence-corrected chi connectivity index (χ0v) is 9.20. The van der Waals surface area contributed by atoms with Crippen LogP contribution in [0.15, 0.2) is 0 Å². The zero-order valence-electron chi connectivity index (χ0n) is 9.20. The van der Waals surface area contributed by atoms with E-state index in [-0.39, 0.29) is 11.9 Å². The number of nitrogens with zero attached hydrogens (tertiary/aromatic N) is 2. The highest BCUT2D eigenvalue weighted by Gasteiger charge is 2.27. The number of nitrogens with two attached hydrogens (primary N) is 1. The third-order valence-corrected chi connectivity index (χ3v) is 2.49. The molecule has 1 aliphatic heterocycles. The van der Waals surface area contributed by atoms with Gasteiger partial charge in [-0.1, -0.05) is 6.92 Å². The molecule has 1 unspecified atom stereocenters. The number of carbonyl (C=O) groups excluding carboxylic acids is 1. The fourth-order valence-corrected chi connectivity index (χ4v) is 1.70. The van der Waals surface area contributed by atoms with Crippen LogP contribution in [0.25, 0.3) is 0 Å². The van der Waals surface area contributed by atoms with E-state index in [0.29, 0.717) is 6.42 Å². The van der Waals surface area contributed by atoms with Gasteiger partial charge in [0.25, 0.3) is 0 Å². The van der Waals surface area contributed by atoms with Gasteiger partial charge in [-0.05, 0) is 19.8 Å². The summed E-state index contributed by atoms with van der Waals surface area (Å²) in [6.07, 6.45) is 2.63. The lowest BCUT2D eigenvalue weighted by atomic mass is 10.2. The van der Waals surface area contributed by atoms with Crippen LogP contribution < -0.4 is 5.73 Å². The summed E-state index contributed by atoms with van der Waals surface area (Å²) in [6.45, 7) is 6.71. The summed E-state index contributed by atoms with van der Waals surface area (Å²) in [5.74, 6) is 0.261. The van der Waals surface area contributed by atoms with E-state index in [2.05, 4.69) is 11.9 Å². The maximum absolute atomic E-state index is 11.5. The number of hydrogen-bond donors (Lipinski definition) is 1. The van der Waals surface area contributed by atoms with Crippen LogP contribution in [0.1, 0.15) is 33.1 Å². The Labute approximate surface area is 86.0 Å². The van der Waals surface area contributed by atoms with Crippen molar-refractivity contribution < 1.29 is 4.79 Å². The predicted octanol–water partition coefficient (Wildman–Crippen LogP) is 0.583. The minimum atomic E-state index is 0.217. The van der Waals surface area contributed by atoms with Gasteiger partial charge in [0.05, 0.1) is 0 Å². The lowest BCUT2D eigenvalue weighted by Crippen LogP contribution is -2.41. The van der Waals surface area contributed by atoms with Crippen molar-refractivity contribution in [2.75, 3.05) is 19.6 Å². The SMILES string of the molecule is CCCN1C(=O)CCN1CCC(C)N. The van der Waals surface area contributed by atoms with Gasteiger partial charge < -0.3 is 5.73 Å². The molecule has 0 aromatic carbocycles. The summed E-state index contributed by atoms with van der Waals surface area (Å²) >= 11 is 0. The summed E-state index contributed by atoms with van der Waals surface area (Å²) in [6, 6.07) is 0.217. The van der Waals surface area contributed by atoms with Gasteiger partial charge in [-0.25, -0.2) is 5.01 Å². The average molecular weight is 199 g/mol. The summed E-state index contributed by atoms with van der Waals surface area (Å²) in [4.78, 5) is 11.5. The molecule has 0 bridgehead atoms. The lowest BCUT2D eigenvalue weighted by molar-refractivity contribution is -0.138. The molecule has 0 radical (unpaired) electrons. The molecule has 1 rings (SSSR count).